The molecule has 1 fully saturated rings. The van der Waals surface area contributed by atoms with Crippen molar-refractivity contribution in [3.63, 3.8) is 0 Å². The number of unbranched alkanes of at least 4 members (excludes halogenated alkanes) is 2. The van der Waals surface area contributed by atoms with Crippen molar-refractivity contribution in [3.05, 3.63) is 0 Å². The van der Waals surface area contributed by atoms with E-state index in [4.69, 9.17) is 4.74 Å². The molecule has 2 N–H and O–H groups in total. The Morgan fingerprint density at radius 2 is 2.12 bits per heavy atom. The minimum absolute atomic E-state index is 0.0211. The van der Waals surface area contributed by atoms with Crippen LogP contribution in [0, 0.1) is 0 Å². The van der Waals surface area contributed by atoms with E-state index in [1.165, 1.54) is 4.90 Å². The molecule has 0 bridgehead atoms. The van der Waals surface area contributed by atoms with Gasteiger partial charge in [0.25, 0.3) is 0 Å². The number of ether oxygens (including phenoxy) is 1. The van der Waals surface area contributed by atoms with Gasteiger partial charge in [-0.25, -0.2) is 0 Å². The summed E-state index contributed by atoms with van der Waals surface area (Å²) in [5.74, 6) is -0.111. The second kappa shape index (κ2) is 12.6. The van der Waals surface area contributed by atoms with E-state index in [0.29, 0.717) is 19.4 Å². The molecule has 146 valence electrons. The first-order valence-corrected chi connectivity index (χ1v) is 11.9. The van der Waals surface area contributed by atoms with Crippen LogP contribution in [0.25, 0.3) is 0 Å². The molecule has 1 heterocycles. The summed E-state index contributed by atoms with van der Waals surface area (Å²) >= 11 is 0.0832. The summed E-state index contributed by atoms with van der Waals surface area (Å²) < 4.78 is 7.21. The number of hydrogen-bond acceptors (Lipinski definition) is 5. The zero-order valence-electron chi connectivity index (χ0n) is 15.5. The Balaban J connectivity index is 2.30. The molecule has 0 aromatic heterocycles. The maximum absolute atomic E-state index is 12.2. The molecular weight excluding hydrogens is 437 g/mol. The van der Waals surface area contributed by atoms with Gasteiger partial charge in [0, 0.05) is 0 Å². The number of carbonyl (C=O) groups excluding carboxylic acids is 3. The van der Waals surface area contributed by atoms with Crippen LogP contribution in [0.4, 0.5) is 0 Å². The van der Waals surface area contributed by atoms with Gasteiger partial charge < -0.3 is 0 Å². The van der Waals surface area contributed by atoms with Gasteiger partial charge in [0.05, 0.1) is 0 Å². The molecule has 7 nitrogen and oxygen atoms in total. The zero-order chi connectivity index (χ0) is 18.7. The van der Waals surface area contributed by atoms with Gasteiger partial charge in [-0.2, -0.15) is 0 Å². The molecule has 1 unspecified atom stereocenters. The van der Waals surface area contributed by atoms with Crippen LogP contribution in [0.3, 0.4) is 0 Å². The molecule has 0 aromatic rings. The Labute approximate surface area is 160 Å². The molecule has 1 saturated heterocycles. The maximum atomic E-state index is 12.2. The first-order valence-electron chi connectivity index (χ1n) is 8.80. The number of amides is 2. The second-order valence-corrected chi connectivity index (χ2v) is 9.01. The van der Waals surface area contributed by atoms with Crippen molar-refractivity contribution in [1.29, 1.82) is 0 Å². The van der Waals surface area contributed by atoms with E-state index in [9.17, 15) is 14.4 Å². The number of halogens is 1. The first kappa shape index (κ1) is 22.3. The number of Topliss-reactive ketones (excluding diaryl/α,β-unsaturated/α-hetero) is 1. The Morgan fingerprint density at radius 1 is 1.36 bits per heavy atom. The number of nitrogens with zero attached hydrogens (tertiary/aromatic N) is 1. The number of rotatable bonds is 12. The third-order valence-electron chi connectivity index (χ3n) is 4.16. The van der Waals surface area contributed by atoms with Crippen LogP contribution in [0.5, 0.6) is 0 Å². The normalized spacial score (nSPS) is 18.3. The van der Waals surface area contributed by atoms with Gasteiger partial charge >= 0.3 is 135 Å². The molecule has 0 aromatic carbocycles. The van der Waals surface area contributed by atoms with Crippen LogP contribution in [-0.4, -0.2) is 70.9 Å². The Morgan fingerprint density at radius 3 is 2.72 bits per heavy atom. The Kier molecular flexibility index (Phi) is 11.2. The van der Waals surface area contributed by atoms with E-state index in [0.717, 1.165) is 28.2 Å². The molecule has 1 rings (SSSR count). The van der Waals surface area contributed by atoms with Gasteiger partial charge in [0.15, 0.2) is 0 Å². The molecular formula is C17H31IN3O4-. The Bertz CT molecular complexity index is 442. The minimum atomic E-state index is -0.306. The van der Waals surface area contributed by atoms with Crippen LogP contribution in [0.1, 0.15) is 39.0 Å². The SMILES string of the molecule is CCCCCC(=O)C[C@H](CN(C)C(=O)CNC(=O)C1C[I-]CN1)OC. The third kappa shape index (κ3) is 8.96. The van der Waals surface area contributed by atoms with Crippen molar-refractivity contribution in [2.24, 2.45) is 0 Å². The number of hydrogen-bond donors (Lipinski definition) is 2. The molecule has 0 spiro atoms. The predicted molar refractivity (Wildman–Crippen MR) is 91.9 cm³/mol. The van der Waals surface area contributed by atoms with Crippen LogP contribution < -0.4 is 31.8 Å². The van der Waals surface area contributed by atoms with E-state index >= 15 is 0 Å². The van der Waals surface area contributed by atoms with Gasteiger partial charge in [-0.3, -0.25) is 0 Å². The van der Waals surface area contributed by atoms with Crippen molar-refractivity contribution in [2.75, 3.05) is 36.2 Å². The number of nitrogens with one attached hydrogen (secondary N) is 2. The van der Waals surface area contributed by atoms with Gasteiger partial charge in [-0.15, -0.1) is 0 Å². The number of ketones is 1. The molecule has 2 atom stereocenters. The molecule has 2 amide bonds. The molecule has 25 heavy (non-hydrogen) atoms. The van der Waals surface area contributed by atoms with Crippen molar-refractivity contribution < 1.29 is 40.3 Å². The van der Waals surface area contributed by atoms with E-state index in [2.05, 4.69) is 17.6 Å². The topological polar surface area (TPSA) is 87.7 Å². The standard InChI is InChI=1S/C17H31IN3O4/c1-4-5-6-7-13(22)8-14(25-3)11-21(2)16(23)10-19-17(24)15-9-18-12-20-15/h14-15,20H,4-12H2,1-3H3,(H,19,24)/q-1/t14-,15?/m1/s1. The average Bonchev–Trinajstić information content (AvgIpc) is 3.13. The van der Waals surface area contributed by atoms with Crippen LogP contribution in [0.2, 0.25) is 0 Å². The van der Waals surface area contributed by atoms with Gasteiger partial charge in [0.2, 0.25) is 0 Å². The van der Waals surface area contributed by atoms with Crippen molar-refractivity contribution in [3.8, 4) is 0 Å². The quantitative estimate of drug-likeness (QED) is 0.139. The first-order chi connectivity index (χ1) is 12.0. The van der Waals surface area contributed by atoms with E-state index in [-0.39, 0.29) is 57.5 Å². The fraction of sp³-hybridized carbons (Fsp3) is 0.824. The number of carbonyl (C=O) groups is 3. The van der Waals surface area contributed by atoms with Gasteiger partial charge in [-0.05, 0) is 6.42 Å². The summed E-state index contributed by atoms with van der Waals surface area (Å²) in [5, 5.41) is 5.84. The van der Waals surface area contributed by atoms with Crippen LogP contribution in [-0.2, 0) is 19.1 Å². The molecule has 0 radical (unpaired) electrons. The monoisotopic (exact) mass is 468 g/mol. The molecule has 0 saturated carbocycles. The number of methoxy groups -OCH3 is 1. The summed E-state index contributed by atoms with van der Waals surface area (Å²) in [6, 6.07) is -0.140. The summed E-state index contributed by atoms with van der Waals surface area (Å²) in [5.41, 5.74) is 0. The molecule has 1 aliphatic rings. The Hall–Kier alpha value is -0.740. The van der Waals surface area contributed by atoms with Crippen molar-refractivity contribution in [2.45, 2.75) is 51.2 Å². The van der Waals surface area contributed by atoms with Crippen molar-refractivity contribution >= 4 is 17.6 Å². The fourth-order valence-electron chi connectivity index (χ4n) is 2.51. The number of alkyl halides is 2. The predicted octanol–water partition coefficient (Wildman–Crippen LogP) is -2.87. The molecule has 0 aliphatic carbocycles. The summed E-state index contributed by atoms with van der Waals surface area (Å²) in [6.45, 7) is 2.43. The van der Waals surface area contributed by atoms with E-state index in [1.807, 2.05) is 0 Å². The molecule has 1 aliphatic heterocycles. The van der Waals surface area contributed by atoms with Gasteiger partial charge in [0.1, 0.15) is 0 Å². The van der Waals surface area contributed by atoms with Crippen molar-refractivity contribution in [1.82, 2.24) is 15.5 Å². The van der Waals surface area contributed by atoms with E-state index < -0.39 is 0 Å². The van der Waals surface area contributed by atoms with Crippen LogP contribution in [0.15, 0.2) is 0 Å². The van der Waals surface area contributed by atoms with Crippen LogP contribution >= 0.6 is 0 Å². The zero-order valence-corrected chi connectivity index (χ0v) is 17.6. The van der Waals surface area contributed by atoms with Gasteiger partial charge in [-0.1, -0.05) is 19.8 Å². The average molecular weight is 468 g/mol. The second-order valence-electron chi connectivity index (χ2n) is 6.28. The third-order valence-corrected chi connectivity index (χ3v) is 6.65. The summed E-state index contributed by atoms with van der Waals surface area (Å²) in [4.78, 5) is 37.6. The number of likely N-dealkylation sites (N-methyl/N-ethyl adjacent to an activating group) is 1. The fourth-order valence-corrected chi connectivity index (χ4v) is 5.00. The van der Waals surface area contributed by atoms with E-state index in [1.54, 1.807) is 14.2 Å². The molecule has 8 heteroatoms. The summed E-state index contributed by atoms with van der Waals surface area (Å²) in [7, 11) is 3.22. The summed E-state index contributed by atoms with van der Waals surface area (Å²) in [6.07, 6.45) is 3.63.